The number of nitrogens with zero attached hydrogens (tertiary/aromatic N) is 1. The topological polar surface area (TPSA) is 32.3 Å². The van der Waals surface area contributed by atoms with Crippen LogP contribution in [-0.2, 0) is 4.79 Å². The van der Waals surface area contributed by atoms with E-state index in [1.165, 1.54) is 5.56 Å². The second-order valence-corrected chi connectivity index (χ2v) is 5.34. The molecule has 102 valence electrons. The van der Waals surface area contributed by atoms with Crippen LogP contribution in [0.1, 0.15) is 12.0 Å². The fraction of sp³-hybridized carbons (Fsp3) is 0.188. The fourth-order valence-corrected chi connectivity index (χ4v) is 2.53. The number of anilines is 3. The molecule has 3 nitrogen and oxygen atoms in total. The van der Waals surface area contributed by atoms with Gasteiger partial charge in [-0.3, -0.25) is 9.69 Å². The molecule has 0 saturated heterocycles. The lowest BCUT2D eigenvalue weighted by molar-refractivity contribution is -0.117. The molecule has 0 saturated carbocycles. The van der Waals surface area contributed by atoms with Crippen molar-refractivity contribution >= 4 is 34.6 Å². The van der Waals surface area contributed by atoms with Gasteiger partial charge in [0.25, 0.3) is 0 Å². The zero-order valence-electron chi connectivity index (χ0n) is 11.2. The summed E-state index contributed by atoms with van der Waals surface area (Å²) in [7, 11) is 0. The first kappa shape index (κ1) is 13.0. The Morgan fingerprint density at radius 2 is 1.90 bits per heavy atom. The van der Waals surface area contributed by atoms with Crippen LogP contribution in [0, 0.1) is 6.92 Å². The average Bonchev–Trinajstić information content (AvgIpc) is 2.58. The molecule has 20 heavy (non-hydrogen) atoms. The summed E-state index contributed by atoms with van der Waals surface area (Å²) in [5, 5.41) is 3.90. The molecule has 3 rings (SSSR count). The molecule has 1 amide bonds. The molecular weight excluding hydrogens is 272 g/mol. The largest absolute Gasteiger partial charge is 0.383 e. The highest BCUT2D eigenvalue weighted by Gasteiger charge is 2.23. The maximum atomic E-state index is 12.4. The van der Waals surface area contributed by atoms with Gasteiger partial charge in [0.05, 0.1) is 11.4 Å². The Balaban J connectivity index is 2.14. The summed E-state index contributed by atoms with van der Waals surface area (Å²) in [6.45, 7) is 2.66. The summed E-state index contributed by atoms with van der Waals surface area (Å²) in [5.74, 6) is 0.0716. The van der Waals surface area contributed by atoms with Gasteiger partial charge < -0.3 is 5.32 Å². The first-order valence-electron chi connectivity index (χ1n) is 6.58. The highest BCUT2D eigenvalue weighted by Crippen LogP contribution is 2.36. The lowest BCUT2D eigenvalue weighted by Gasteiger charge is -2.23. The number of amides is 1. The number of carbonyl (C=O) groups excluding carboxylic acids is 1. The minimum absolute atomic E-state index is 0.0716. The molecule has 4 heteroatoms. The number of benzene rings is 2. The van der Waals surface area contributed by atoms with Gasteiger partial charge in [-0.2, -0.15) is 0 Å². The summed E-state index contributed by atoms with van der Waals surface area (Å²) in [4.78, 5) is 14.2. The first-order chi connectivity index (χ1) is 9.65. The zero-order valence-corrected chi connectivity index (χ0v) is 11.9. The van der Waals surface area contributed by atoms with Gasteiger partial charge in [-0.05, 0) is 37.3 Å². The van der Waals surface area contributed by atoms with Gasteiger partial charge in [0.2, 0.25) is 5.91 Å². The summed E-state index contributed by atoms with van der Waals surface area (Å²) >= 11 is 6.09. The Kier molecular flexibility index (Phi) is 3.36. The summed E-state index contributed by atoms with van der Waals surface area (Å²) in [6.07, 6.45) is 0.459. The van der Waals surface area contributed by atoms with Gasteiger partial charge in [0, 0.05) is 23.7 Å². The second kappa shape index (κ2) is 5.17. The van der Waals surface area contributed by atoms with Crippen LogP contribution in [0.25, 0.3) is 0 Å². The number of hydrogen-bond acceptors (Lipinski definition) is 2. The van der Waals surface area contributed by atoms with E-state index in [1.54, 1.807) is 4.90 Å². The molecule has 0 spiro atoms. The molecule has 2 aromatic carbocycles. The van der Waals surface area contributed by atoms with Crippen molar-refractivity contribution in [2.75, 3.05) is 16.8 Å². The van der Waals surface area contributed by atoms with Crippen molar-refractivity contribution in [2.45, 2.75) is 13.3 Å². The van der Waals surface area contributed by atoms with Gasteiger partial charge in [0.1, 0.15) is 0 Å². The van der Waals surface area contributed by atoms with Crippen molar-refractivity contribution in [3.05, 3.63) is 53.1 Å². The molecule has 1 aliphatic heterocycles. The molecule has 1 N–H and O–H groups in total. The van der Waals surface area contributed by atoms with Crippen LogP contribution in [-0.4, -0.2) is 12.5 Å². The van der Waals surface area contributed by atoms with E-state index in [0.717, 1.165) is 17.1 Å². The third kappa shape index (κ3) is 2.37. The lowest BCUT2D eigenvalue weighted by Crippen LogP contribution is -2.25. The van der Waals surface area contributed by atoms with Crippen LogP contribution in [0.3, 0.4) is 0 Å². The van der Waals surface area contributed by atoms with E-state index in [-0.39, 0.29) is 5.91 Å². The number of nitrogens with one attached hydrogen (secondary N) is 1. The third-order valence-corrected chi connectivity index (χ3v) is 3.63. The maximum absolute atomic E-state index is 12.4. The molecular formula is C16H15ClN2O. The maximum Gasteiger partial charge on any atom is 0.233 e. The number of rotatable bonds is 1. The molecule has 0 radical (unpaired) electrons. The molecule has 0 unspecified atom stereocenters. The van der Waals surface area contributed by atoms with Gasteiger partial charge in [0.15, 0.2) is 0 Å². The first-order valence-corrected chi connectivity index (χ1v) is 6.96. The third-order valence-electron chi connectivity index (χ3n) is 3.40. The molecule has 0 aromatic heterocycles. The van der Waals surface area contributed by atoms with Gasteiger partial charge >= 0.3 is 0 Å². The van der Waals surface area contributed by atoms with Crippen molar-refractivity contribution in [3.8, 4) is 0 Å². The van der Waals surface area contributed by atoms with Crippen LogP contribution in [0.2, 0.25) is 5.02 Å². The summed E-state index contributed by atoms with van der Waals surface area (Å²) < 4.78 is 0. The normalized spacial score (nSPS) is 14.5. The minimum atomic E-state index is 0.0716. The van der Waals surface area contributed by atoms with E-state index in [9.17, 15) is 4.79 Å². The second-order valence-electron chi connectivity index (χ2n) is 4.90. The predicted molar refractivity (Wildman–Crippen MR) is 82.9 cm³/mol. The SMILES string of the molecule is Cc1ccc(N2C(=O)CCNc3ccc(Cl)cc32)cc1. The molecule has 0 atom stereocenters. The van der Waals surface area contributed by atoms with Crippen molar-refractivity contribution in [2.24, 2.45) is 0 Å². The van der Waals surface area contributed by atoms with Crippen molar-refractivity contribution in [3.63, 3.8) is 0 Å². The number of hydrogen-bond donors (Lipinski definition) is 1. The van der Waals surface area contributed by atoms with Crippen molar-refractivity contribution in [1.82, 2.24) is 0 Å². The van der Waals surface area contributed by atoms with Crippen LogP contribution >= 0.6 is 11.6 Å². The van der Waals surface area contributed by atoms with E-state index in [2.05, 4.69) is 5.32 Å². The number of aryl methyl sites for hydroxylation is 1. The van der Waals surface area contributed by atoms with E-state index in [4.69, 9.17) is 11.6 Å². The highest BCUT2D eigenvalue weighted by atomic mass is 35.5. The Hall–Kier alpha value is -2.00. The van der Waals surface area contributed by atoms with Crippen LogP contribution in [0.4, 0.5) is 17.1 Å². The zero-order chi connectivity index (χ0) is 14.1. The Bertz CT molecular complexity index is 652. The predicted octanol–water partition coefficient (Wildman–Crippen LogP) is 4.13. The van der Waals surface area contributed by atoms with Gasteiger partial charge in [-0.25, -0.2) is 0 Å². The Morgan fingerprint density at radius 1 is 1.15 bits per heavy atom. The molecule has 0 aliphatic carbocycles. The smallest absolute Gasteiger partial charge is 0.233 e. The minimum Gasteiger partial charge on any atom is -0.383 e. The highest BCUT2D eigenvalue weighted by molar-refractivity contribution is 6.31. The lowest BCUT2D eigenvalue weighted by atomic mass is 10.1. The molecule has 0 bridgehead atoms. The molecule has 1 heterocycles. The average molecular weight is 287 g/mol. The number of fused-ring (bicyclic) bond motifs is 1. The summed E-state index contributed by atoms with van der Waals surface area (Å²) in [5.41, 5.74) is 3.78. The van der Waals surface area contributed by atoms with E-state index in [0.29, 0.717) is 18.0 Å². The van der Waals surface area contributed by atoms with Crippen molar-refractivity contribution < 1.29 is 4.79 Å². The number of halogens is 1. The van der Waals surface area contributed by atoms with Crippen molar-refractivity contribution in [1.29, 1.82) is 0 Å². The van der Waals surface area contributed by atoms with Gasteiger partial charge in [-0.1, -0.05) is 29.3 Å². The summed E-state index contributed by atoms with van der Waals surface area (Å²) in [6, 6.07) is 13.5. The Morgan fingerprint density at radius 3 is 2.65 bits per heavy atom. The van der Waals surface area contributed by atoms with E-state index in [1.807, 2.05) is 49.4 Å². The van der Waals surface area contributed by atoms with Crippen LogP contribution in [0.5, 0.6) is 0 Å². The van der Waals surface area contributed by atoms with Crippen LogP contribution in [0.15, 0.2) is 42.5 Å². The quantitative estimate of drug-likeness (QED) is 0.855. The fourth-order valence-electron chi connectivity index (χ4n) is 2.37. The molecule has 2 aromatic rings. The monoisotopic (exact) mass is 286 g/mol. The van der Waals surface area contributed by atoms with E-state index >= 15 is 0 Å². The van der Waals surface area contributed by atoms with E-state index < -0.39 is 0 Å². The number of carbonyl (C=O) groups is 1. The Labute approximate surface area is 123 Å². The molecule has 1 aliphatic rings. The standard InChI is InChI=1S/C16H15ClN2O/c1-11-2-5-13(6-3-11)19-15-10-12(17)4-7-14(15)18-9-8-16(19)20/h2-7,10,18H,8-9H2,1H3. The van der Waals surface area contributed by atoms with Crippen LogP contribution < -0.4 is 10.2 Å². The van der Waals surface area contributed by atoms with Gasteiger partial charge in [-0.15, -0.1) is 0 Å². The molecule has 0 fully saturated rings.